The van der Waals surface area contributed by atoms with Crippen molar-refractivity contribution in [2.45, 2.75) is 12.1 Å². The third-order valence-corrected chi connectivity index (χ3v) is 6.85. The summed E-state index contributed by atoms with van der Waals surface area (Å²) < 4.78 is 0. The van der Waals surface area contributed by atoms with E-state index >= 15 is 0 Å². The maximum absolute atomic E-state index is 2.61. The van der Waals surface area contributed by atoms with Gasteiger partial charge in [0, 0.05) is 5.69 Å². The first-order valence-electron chi connectivity index (χ1n) is 12.2. The van der Waals surface area contributed by atoms with E-state index in [1.165, 1.54) is 39.1 Å². The van der Waals surface area contributed by atoms with Crippen molar-refractivity contribution in [1.29, 1.82) is 0 Å². The van der Waals surface area contributed by atoms with E-state index in [4.69, 9.17) is 0 Å². The van der Waals surface area contributed by atoms with Gasteiger partial charge in [0.1, 0.15) is 0 Å². The Morgan fingerprint density at radius 1 is 0.343 bits per heavy atom. The van der Waals surface area contributed by atoms with E-state index in [2.05, 4.69) is 157 Å². The molecule has 1 aliphatic heterocycles. The van der Waals surface area contributed by atoms with Gasteiger partial charge in [-0.1, -0.05) is 140 Å². The maximum Gasteiger partial charge on any atom is 0.0815 e. The van der Waals surface area contributed by atoms with Gasteiger partial charge in [-0.25, -0.2) is 0 Å². The van der Waals surface area contributed by atoms with E-state index in [0.717, 1.165) is 0 Å². The quantitative estimate of drug-likeness (QED) is 0.260. The van der Waals surface area contributed by atoms with Crippen molar-refractivity contribution in [3.63, 3.8) is 0 Å². The molecular weight excluding hydrogens is 422 g/mol. The number of anilines is 1. The number of hydrogen-bond donors (Lipinski definition) is 0. The van der Waals surface area contributed by atoms with Crippen LogP contribution in [0.5, 0.6) is 0 Å². The summed E-state index contributed by atoms with van der Waals surface area (Å²) in [5.74, 6) is 0. The third kappa shape index (κ3) is 3.96. The predicted molar refractivity (Wildman–Crippen MR) is 147 cm³/mol. The van der Waals surface area contributed by atoms with Crippen LogP contribution in [-0.4, -0.2) is 0 Å². The minimum atomic E-state index is 0.0708. The maximum atomic E-state index is 2.61. The molecule has 0 fully saturated rings. The van der Waals surface area contributed by atoms with Crippen LogP contribution in [0.4, 0.5) is 5.69 Å². The molecule has 0 saturated heterocycles. The van der Waals surface area contributed by atoms with E-state index in [0.29, 0.717) is 0 Å². The molecule has 0 amide bonds. The Morgan fingerprint density at radius 2 is 0.657 bits per heavy atom. The Labute approximate surface area is 207 Å². The highest BCUT2D eigenvalue weighted by molar-refractivity contribution is 6.02. The summed E-state index contributed by atoms with van der Waals surface area (Å²) in [7, 11) is 0. The van der Waals surface area contributed by atoms with Gasteiger partial charge < -0.3 is 4.90 Å². The Bertz CT molecular complexity index is 1320. The Hall–Kier alpha value is -4.36. The molecule has 168 valence electrons. The molecule has 2 unspecified atom stereocenters. The number of hydrogen-bond acceptors (Lipinski definition) is 1. The van der Waals surface area contributed by atoms with Crippen molar-refractivity contribution < 1.29 is 0 Å². The molecule has 1 heteroatoms. The van der Waals surface area contributed by atoms with Crippen LogP contribution in [0.2, 0.25) is 0 Å². The molecule has 0 aliphatic carbocycles. The lowest BCUT2D eigenvalue weighted by molar-refractivity contribution is 0.721. The highest BCUT2D eigenvalue weighted by Crippen LogP contribution is 2.57. The second-order valence-corrected chi connectivity index (χ2v) is 8.93. The van der Waals surface area contributed by atoms with Gasteiger partial charge in [0.25, 0.3) is 0 Å². The third-order valence-electron chi connectivity index (χ3n) is 6.85. The molecule has 0 spiro atoms. The van der Waals surface area contributed by atoms with Gasteiger partial charge in [0.15, 0.2) is 0 Å². The molecule has 1 nitrogen and oxygen atoms in total. The van der Waals surface area contributed by atoms with Crippen LogP contribution < -0.4 is 4.90 Å². The average molecular weight is 450 g/mol. The zero-order valence-corrected chi connectivity index (χ0v) is 19.5. The van der Waals surface area contributed by atoms with E-state index in [-0.39, 0.29) is 12.1 Å². The zero-order valence-electron chi connectivity index (χ0n) is 19.5. The fraction of sp³-hybridized carbons (Fsp3) is 0.0588. The molecule has 1 heterocycles. The van der Waals surface area contributed by atoms with Gasteiger partial charge in [-0.05, 0) is 45.5 Å². The first kappa shape index (κ1) is 21.2. The number of nitrogens with zero attached hydrogens (tertiary/aromatic N) is 1. The van der Waals surface area contributed by atoms with Crippen molar-refractivity contribution in [3.8, 4) is 0 Å². The predicted octanol–water partition coefficient (Wildman–Crippen LogP) is 8.60. The molecule has 5 aromatic carbocycles. The van der Waals surface area contributed by atoms with Crippen LogP contribution in [0.3, 0.4) is 0 Å². The van der Waals surface area contributed by atoms with Crippen LogP contribution in [-0.2, 0) is 0 Å². The average Bonchev–Trinajstić information content (AvgIpc) is 3.32. The van der Waals surface area contributed by atoms with Gasteiger partial charge in [-0.15, -0.1) is 0 Å². The minimum absolute atomic E-state index is 0.0708. The largest absolute Gasteiger partial charge is 0.349 e. The molecule has 0 saturated carbocycles. The second kappa shape index (κ2) is 9.48. The monoisotopic (exact) mass is 449 g/mol. The lowest BCUT2D eigenvalue weighted by Gasteiger charge is -2.35. The van der Waals surface area contributed by atoms with Crippen molar-refractivity contribution >= 4 is 16.8 Å². The Balaban J connectivity index is 1.72. The highest BCUT2D eigenvalue weighted by atomic mass is 15.2. The van der Waals surface area contributed by atoms with Crippen molar-refractivity contribution in [2.24, 2.45) is 0 Å². The smallest absolute Gasteiger partial charge is 0.0815 e. The summed E-state index contributed by atoms with van der Waals surface area (Å²) in [5.41, 5.74) is 9.05. The van der Waals surface area contributed by atoms with Gasteiger partial charge >= 0.3 is 0 Å². The summed E-state index contributed by atoms with van der Waals surface area (Å²) in [6, 6.07) is 54.7. The lowest BCUT2D eigenvalue weighted by atomic mass is 9.87. The van der Waals surface area contributed by atoms with E-state index in [1.807, 2.05) is 0 Å². The first-order valence-corrected chi connectivity index (χ1v) is 12.2. The molecule has 0 bridgehead atoms. The first-order chi connectivity index (χ1) is 17.4. The van der Waals surface area contributed by atoms with Gasteiger partial charge in [-0.2, -0.15) is 0 Å². The zero-order chi connectivity index (χ0) is 23.5. The molecule has 1 aliphatic rings. The minimum Gasteiger partial charge on any atom is -0.349 e. The van der Waals surface area contributed by atoms with Crippen LogP contribution in [0.15, 0.2) is 152 Å². The molecule has 35 heavy (non-hydrogen) atoms. The topological polar surface area (TPSA) is 3.24 Å². The summed E-state index contributed by atoms with van der Waals surface area (Å²) in [6.07, 6.45) is 0. The lowest BCUT2D eigenvalue weighted by Crippen LogP contribution is -2.28. The van der Waals surface area contributed by atoms with Crippen LogP contribution in [0.25, 0.3) is 11.1 Å². The van der Waals surface area contributed by atoms with E-state index in [1.54, 1.807) is 0 Å². The second-order valence-electron chi connectivity index (χ2n) is 8.93. The van der Waals surface area contributed by atoms with Crippen LogP contribution in [0, 0.1) is 0 Å². The van der Waals surface area contributed by atoms with Gasteiger partial charge in [-0.3, -0.25) is 0 Å². The van der Waals surface area contributed by atoms with Crippen LogP contribution >= 0.6 is 0 Å². The summed E-state index contributed by atoms with van der Waals surface area (Å²) in [6.45, 7) is 0. The molecule has 2 atom stereocenters. The highest BCUT2D eigenvalue weighted by Gasteiger charge is 2.43. The van der Waals surface area contributed by atoms with E-state index < -0.39 is 0 Å². The fourth-order valence-electron chi connectivity index (χ4n) is 5.41. The normalized spacial score (nSPS) is 17.5. The molecule has 0 aromatic heterocycles. The standard InChI is InChI=1S/C34H27N/c1-6-16-26(17-7-1)31-32(27-18-8-2-9-19-27)34(29-22-12-4-13-23-29)35(30-24-14-5-15-25-30)33(31)28-20-10-3-11-21-28/h1-25,33-34H. The summed E-state index contributed by atoms with van der Waals surface area (Å²) in [4.78, 5) is 2.61. The van der Waals surface area contributed by atoms with Crippen molar-refractivity contribution in [3.05, 3.63) is 174 Å². The number of benzene rings is 5. The number of para-hydroxylation sites is 1. The summed E-state index contributed by atoms with van der Waals surface area (Å²) >= 11 is 0. The molecular formula is C34H27N. The van der Waals surface area contributed by atoms with Crippen LogP contribution in [0.1, 0.15) is 34.3 Å². The molecule has 0 radical (unpaired) electrons. The SMILES string of the molecule is c1ccc(C2=C(c3ccccc3)C(c3ccccc3)N(c3ccccc3)C2c2ccccc2)cc1. The van der Waals surface area contributed by atoms with Gasteiger partial charge in [0.05, 0.1) is 12.1 Å². The van der Waals surface area contributed by atoms with Crippen molar-refractivity contribution in [1.82, 2.24) is 0 Å². The number of rotatable bonds is 5. The summed E-state index contributed by atoms with van der Waals surface area (Å²) in [5, 5.41) is 0. The van der Waals surface area contributed by atoms with Crippen molar-refractivity contribution in [2.75, 3.05) is 4.90 Å². The molecule has 6 rings (SSSR count). The van der Waals surface area contributed by atoms with E-state index in [9.17, 15) is 0 Å². The molecule has 0 N–H and O–H groups in total. The Morgan fingerprint density at radius 3 is 1.03 bits per heavy atom. The Kier molecular flexibility index (Phi) is 5.74. The van der Waals surface area contributed by atoms with Gasteiger partial charge in [0.2, 0.25) is 0 Å². The fourth-order valence-corrected chi connectivity index (χ4v) is 5.41. The molecule has 5 aromatic rings.